The van der Waals surface area contributed by atoms with Crippen LogP contribution in [-0.2, 0) is 65.4 Å². The summed E-state index contributed by atoms with van der Waals surface area (Å²) in [5.74, 6) is -2.27. The number of carbonyl (C=O) groups is 4. The second-order valence-electron chi connectivity index (χ2n) is 26.6. The third-order valence-corrected chi connectivity index (χ3v) is 18.5. The molecule has 3 N–H and O–H groups in total. The maximum atomic E-state index is 13.1. The van der Waals surface area contributed by atoms with Crippen LogP contribution in [0.5, 0.6) is 0 Å². The summed E-state index contributed by atoms with van der Waals surface area (Å²) < 4.78 is 68.6. The van der Waals surface area contributed by atoms with E-state index in [1.165, 1.54) is 83.5 Å². The van der Waals surface area contributed by atoms with Gasteiger partial charge in [-0.15, -0.1) is 0 Å². The van der Waals surface area contributed by atoms with Crippen LogP contribution in [0.15, 0.2) is 134 Å². The van der Waals surface area contributed by atoms with Crippen molar-refractivity contribution in [2.75, 3.05) is 39.6 Å². The molecule has 5 atom stereocenters. The van der Waals surface area contributed by atoms with Crippen molar-refractivity contribution in [2.24, 2.45) is 0 Å². The molecule has 0 saturated carbocycles. The Morgan fingerprint density at radius 3 is 0.817 bits per heavy atom. The van der Waals surface area contributed by atoms with E-state index >= 15 is 0 Å². The van der Waals surface area contributed by atoms with E-state index in [4.69, 9.17) is 37.0 Å². The number of allylic oxidation sites excluding steroid dienone is 22. The van der Waals surface area contributed by atoms with Gasteiger partial charge >= 0.3 is 39.5 Å². The van der Waals surface area contributed by atoms with Crippen LogP contribution >= 0.6 is 15.6 Å². The molecule has 0 aromatic heterocycles. The highest BCUT2D eigenvalue weighted by Gasteiger charge is 2.30. The molecule has 0 saturated heterocycles. The lowest BCUT2D eigenvalue weighted by Crippen LogP contribution is -2.30. The summed E-state index contributed by atoms with van der Waals surface area (Å²) in [5, 5.41) is 10.6. The SMILES string of the molecule is CC/C=C\C/C=C\C/C=C\C/C=C\C/C=C\CCCCCC(=O)OCC(COP(=O)(O)OCC(O)COP(=O)(O)OCC(COC(=O)CCCC/C=C\C/C=C\C/C=C\C/C=C\CC)OC(=O)CCCCCCC/C=C\C/C=C\CCCCC)OC(=O)CCCCCCCCCCCCCCCCC. The summed E-state index contributed by atoms with van der Waals surface area (Å²) in [6, 6.07) is 0. The lowest BCUT2D eigenvalue weighted by atomic mass is 10.0. The number of carbonyl (C=O) groups excluding carboxylic acids is 4. The number of phosphoric acid groups is 2. The van der Waals surface area contributed by atoms with Crippen LogP contribution in [-0.4, -0.2) is 96.7 Å². The van der Waals surface area contributed by atoms with Crippen molar-refractivity contribution in [1.29, 1.82) is 0 Å². The molecule has 0 aromatic rings. The van der Waals surface area contributed by atoms with Gasteiger partial charge < -0.3 is 33.8 Å². The van der Waals surface area contributed by atoms with Gasteiger partial charge in [0.1, 0.15) is 19.3 Å². The first-order valence-electron chi connectivity index (χ1n) is 40.4. The molecule has 0 spiro atoms. The summed E-state index contributed by atoms with van der Waals surface area (Å²) in [4.78, 5) is 73.0. The number of ether oxygens (including phenoxy) is 4. The lowest BCUT2D eigenvalue weighted by Gasteiger charge is -2.21. The second-order valence-corrected chi connectivity index (χ2v) is 29.5. The van der Waals surface area contributed by atoms with Crippen LogP contribution in [0.2, 0.25) is 0 Å². The highest BCUT2D eigenvalue weighted by Crippen LogP contribution is 2.45. The first kappa shape index (κ1) is 99.2. The van der Waals surface area contributed by atoms with E-state index in [2.05, 4.69) is 161 Å². The molecule has 0 fully saturated rings. The molecule has 0 aliphatic rings. The van der Waals surface area contributed by atoms with E-state index in [0.29, 0.717) is 25.7 Å². The summed E-state index contributed by atoms with van der Waals surface area (Å²) in [5.41, 5.74) is 0. The van der Waals surface area contributed by atoms with Gasteiger partial charge in [0.25, 0.3) is 0 Å². The minimum atomic E-state index is -4.99. The van der Waals surface area contributed by atoms with Crippen LogP contribution in [0.25, 0.3) is 0 Å². The van der Waals surface area contributed by atoms with Crippen molar-refractivity contribution in [3.63, 3.8) is 0 Å². The molecule has 0 aliphatic heterocycles. The Hall–Kier alpha value is -4.80. The summed E-state index contributed by atoms with van der Waals surface area (Å²) in [6.07, 6.45) is 85.7. The molecule has 0 rings (SSSR count). The zero-order chi connectivity index (χ0) is 76.0. The van der Waals surface area contributed by atoms with Crippen molar-refractivity contribution in [1.82, 2.24) is 0 Å². The fraction of sp³-hybridized carbons (Fsp3) is 0.694. The maximum Gasteiger partial charge on any atom is 0.472 e. The Bertz CT molecular complexity index is 2490. The number of rotatable bonds is 75. The Morgan fingerprint density at radius 1 is 0.279 bits per heavy atom. The normalized spacial score (nSPS) is 14.6. The molecule has 0 aliphatic carbocycles. The minimum Gasteiger partial charge on any atom is -0.462 e. The fourth-order valence-electron chi connectivity index (χ4n) is 10.5. The third kappa shape index (κ3) is 75.4. The maximum absolute atomic E-state index is 13.1. The first-order valence-corrected chi connectivity index (χ1v) is 43.4. The molecular formula is C85H144O17P2. The predicted octanol–water partition coefficient (Wildman–Crippen LogP) is 23.7. The van der Waals surface area contributed by atoms with Crippen molar-refractivity contribution in [2.45, 2.75) is 341 Å². The lowest BCUT2D eigenvalue weighted by molar-refractivity contribution is -0.161. The van der Waals surface area contributed by atoms with Crippen LogP contribution in [0.1, 0.15) is 323 Å². The van der Waals surface area contributed by atoms with E-state index in [-0.39, 0.29) is 25.7 Å². The number of aliphatic hydroxyl groups excluding tert-OH is 1. The quantitative estimate of drug-likeness (QED) is 0.0169. The predicted molar refractivity (Wildman–Crippen MR) is 427 cm³/mol. The number of esters is 4. The Labute approximate surface area is 631 Å². The fourth-order valence-corrected chi connectivity index (χ4v) is 12.1. The summed E-state index contributed by atoms with van der Waals surface area (Å²) >= 11 is 0. The van der Waals surface area contributed by atoms with E-state index in [1.54, 1.807) is 0 Å². The molecule has 0 amide bonds. The van der Waals surface area contributed by atoms with Crippen molar-refractivity contribution in [3.8, 4) is 0 Å². The van der Waals surface area contributed by atoms with E-state index in [9.17, 15) is 43.2 Å². The van der Waals surface area contributed by atoms with Crippen molar-refractivity contribution < 1.29 is 80.2 Å². The molecular weight excluding hydrogens is 1350 g/mol. The van der Waals surface area contributed by atoms with E-state index in [0.717, 1.165) is 161 Å². The molecule has 596 valence electrons. The van der Waals surface area contributed by atoms with Crippen LogP contribution in [0.4, 0.5) is 0 Å². The third-order valence-electron chi connectivity index (χ3n) is 16.6. The zero-order valence-electron chi connectivity index (χ0n) is 65.2. The Kier molecular flexibility index (Phi) is 72.9. The average molecular weight is 1500 g/mol. The van der Waals surface area contributed by atoms with Crippen LogP contribution in [0, 0.1) is 0 Å². The van der Waals surface area contributed by atoms with Gasteiger partial charge in [-0.2, -0.15) is 0 Å². The molecule has 17 nitrogen and oxygen atoms in total. The van der Waals surface area contributed by atoms with Gasteiger partial charge in [0, 0.05) is 25.7 Å². The number of phosphoric ester groups is 2. The first-order chi connectivity index (χ1) is 50.7. The van der Waals surface area contributed by atoms with Crippen LogP contribution < -0.4 is 0 Å². The van der Waals surface area contributed by atoms with Crippen LogP contribution in [0.3, 0.4) is 0 Å². The number of unbranched alkanes of at least 4 members (excludes halogenated alkanes) is 27. The molecule has 19 heteroatoms. The van der Waals surface area contributed by atoms with Crippen molar-refractivity contribution in [3.05, 3.63) is 134 Å². The number of aliphatic hydroxyl groups is 1. The Balaban J connectivity index is 5.43. The highest BCUT2D eigenvalue weighted by atomic mass is 31.2. The smallest absolute Gasteiger partial charge is 0.462 e. The van der Waals surface area contributed by atoms with Crippen molar-refractivity contribution >= 4 is 39.5 Å². The van der Waals surface area contributed by atoms with Gasteiger partial charge in [-0.1, -0.05) is 290 Å². The molecule has 5 unspecified atom stereocenters. The molecule has 0 bridgehead atoms. The molecule has 0 heterocycles. The monoisotopic (exact) mass is 1500 g/mol. The Morgan fingerprint density at radius 2 is 0.500 bits per heavy atom. The number of hydrogen-bond acceptors (Lipinski definition) is 15. The number of hydrogen-bond donors (Lipinski definition) is 3. The minimum absolute atomic E-state index is 0.0668. The van der Waals surface area contributed by atoms with E-state index in [1.807, 2.05) is 0 Å². The van der Waals surface area contributed by atoms with Gasteiger partial charge in [0.15, 0.2) is 12.2 Å². The summed E-state index contributed by atoms with van der Waals surface area (Å²) in [6.45, 7) is 4.55. The van der Waals surface area contributed by atoms with Gasteiger partial charge in [-0.3, -0.25) is 37.3 Å². The van der Waals surface area contributed by atoms with Gasteiger partial charge in [-0.25, -0.2) is 9.13 Å². The summed E-state index contributed by atoms with van der Waals surface area (Å²) in [7, 11) is -9.98. The highest BCUT2D eigenvalue weighted by molar-refractivity contribution is 7.47. The van der Waals surface area contributed by atoms with Gasteiger partial charge in [0.2, 0.25) is 0 Å². The molecule has 104 heavy (non-hydrogen) atoms. The molecule has 0 radical (unpaired) electrons. The van der Waals surface area contributed by atoms with E-state index < -0.39 is 97.5 Å². The second kappa shape index (κ2) is 76.4. The molecule has 0 aromatic carbocycles. The average Bonchev–Trinajstić information content (AvgIpc) is 0.918. The van der Waals surface area contributed by atoms with Gasteiger partial charge in [-0.05, 0) is 141 Å². The van der Waals surface area contributed by atoms with Gasteiger partial charge in [0.05, 0.1) is 26.4 Å². The topological polar surface area (TPSA) is 237 Å². The zero-order valence-corrected chi connectivity index (χ0v) is 66.9. The standard InChI is InChI=1S/C85H144O17P2/c1-5-9-13-17-21-25-29-33-37-38-39-40-44-46-50-54-58-62-66-70-83(88)96-76-81(102-85(90)72-68-64-60-56-52-48-43-36-32-28-24-20-16-12-8-4)78-100-104(93,94)98-74-79(86)73-97-103(91,92)99-77-80(101-84(89)71-67-63-59-55-51-47-42-35-31-27-23-19-15-11-7-3)75-95-82(87)69-65-61-57-53-49-45-41-34-30-26-22-18-14-10-6-2/h9-10,13-14,21-23,25-27,33-35,37,39-42,46,49-50,53,79-81,86H,5-8,11-12,15-20,24,28-32,36,38,43-45,47-48,51-52,54-78H2,1-4H3,(H,91,92)(H,93,94)/b13-9-,14-10-,25-21-,26-22-,27-23-,37-33-,40-39-,41-34-,42-35-,50-46-,53-49-. The largest absolute Gasteiger partial charge is 0.472 e.